The number of nitrogens with zero attached hydrogens (tertiary/aromatic N) is 1. The number of hydrogen-bond acceptors (Lipinski definition) is 4. The minimum atomic E-state index is -0.764. The minimum Gasteiger partial charge on any atom is -0.367 e. The van der Waals surface area contributed by atoms with Crippen LogP contribution in [0.25, 0.3) is 0 Å². The van der Waals surface area contributed by atoms with Gasteiger partial charge in [0.1, 0.15) is 0 Å². The highest BCUT2D eigenvalue weighted by Gasteiger charge is 2.27. The Balaban J connectivity index is 1.85. The van der Waals surface area contributed by atoms with E-state index in [1.165, 1.54) is 4.90 Å². The molecule has 1 aromatic carbocycles. The van der Waals surface area contributed by atoms with Crippen molar-refractivity contribution in [1.82, 2.24) is 4.90 Å². The Morgan fingerprint density at radius 3 is 2.55 bits per heavy atom. The van der Waals surface area contributed by atoms with Crippen molar-refractivity contribution in [2.75, 3.05) is 19.7 Å². The molecule has 22 heavy (non-hydrogen) atoms. The average Bonchev–Trinajstić information content (AvgIpc) is 2.53. The van der Waals surface area contributed by atoms with Gasteiger partial charge < -0.3 is 15.4 Å². The number of rotatable bonds is 5. The van der Waals surface area contributed by atoms with Gasteiger partial charge in [0.25, 0.3) is 0 Å². The first-order valence-corrected chi connectivity index (χ1v) is 7.74. The van der Waals surface area contributed by atoms with Crippen LogP contribution in [0.15, 0.2) is 28.7 Å². The summed E-state index contributed by atoms with van der Waals surface area (Å²) in [6.45, 7) is 0.843. The molecule has 1 atom stereocenters. The van der Waals surface area contributed by atoms with Crippen LogP contribution < -0.4 is 5.73 Å². The van der Waals surface area contributed by atoms with Crippen LogP contribution in [0.1, 0.15) is 23.2 Å². The summed E-state index contributed by atoms with van der Waals surface area (Å²) in [7, 11) is 0. The largest absolute Gasteiger partial charge is 0.367 e. The first-order chi connectivity index (χ1) is 10.5. The van der Waals surface area contributed by atoms with Crippen LogP contribution in [0.3, 0.4) is 0 Å². The maximum absolute atomic E-state index is 12.1. The van der Waals surface area contributed by atoms with E-state index in [2.05, 4.69) is 15.9 Å². The van der Waals surface area contributed by atoms with E-state index >= 15 is 0 Å². The van der Waals surface area contributed by atoms with Gasteiger partial charge in [-0.2, -0.15) is 0 Å². The van der Waals surface area contributed by atoms with E-state index in [0.29, 0.717) is 12.1 Å². The summed E-state index contributed by atoms with van der Waals surface area (Å²) >= 11 is 3.30. The molecule has 0 spiro atoms. The Bertz CT molecular complexity index is 573. The van der Waals surface area contributed by atoms with Gasteiger partial charge in [-0.25, -0.2) is 0 Å². The van der Waals surface area contributed by atoms with Crippen LogP contribution in [-0.4, -0.2) is 48.3 Å². The average molecular weight is 369 g/mol. The number of benzene rings is 1. The lowest BCUT2D eigenvalue weighted by molar-refractivity contribution is -0.145. The molecule has 0 aliphatic carbocycles. The third kappa shape index (κ3) is 4.38. The van der Waals surface area contributed by atoms with Crippen LogP contribution in [0.2, 0.25) is 0 Å². The Morgan fingerprint density at radius 2 is 1.91 bits per heavy atom. The lowest BCUT2D eigenvalue weighted by Gasteiger charge is -2.31. The van der Waals surface area contributed by atoms with Crippen LogP contribution in [0.5, 0.6) is 0 Å². The van der Waals surface area contributed by atoms with E-state index in [4.69, 9.17) is 10.5 Å². The molecule has 1 saturated heterocycles. The van der Waals surface area contributed by atoms with Gasteiger partial charge in [-0.3, -0.25) is 14.4 Å². The number of primary amides is 1. The second kappa shape index (κ2) is 7.51. The first kappa shape index (κ1) is 16.6. The number of carbonyl (C=O) groups excluding carboxylic acids is 3. The third-order valence-electron chi connectivity index (χ3n) is 3.47. The van der Waals surface area contributed by atoms with Gasteiger partial charge in [0.15, 0.2) is 11.9 Å². The predicted octanol–water partition coefficient (Wildman–Crippen LogP) is 1.12. The number of carbonyl (C=O) groups is 3. The lowest BCUT2D eigenvalue weighted by Crippen LogP contribution is -2.50. The number of halogens is 1. The van der Waals surface area contributed by atoms with Gasteiger partial charge in [0.2, 0.25) is 11.8 Å². The summed E-state index contributed by atoms with van der Waals surface area (Å²) < 4.78 is 6.08. The van der Waals surface area contributed by atoms with Crippen LogP contribution in [0, 0.1) is 0 Å². The molecule has 1 aromatic rings. The monoisotopic (exact) mass is 368 g/mol. The summed E-state index contributed by atoms with van der Waals surface area (Å²) in [5.41, 5.74) is 5.76. The zero-order valence-electron chi connectivity index (χ0n) is 12.0. The molecule has 118 valence electrons. The van der Waals surface area contributed by atoms with Crippen LogP contribution in [0.4, 0.5) is 0 Å². The molecule has 6 nitrogen and oxygen atoms in total. The van der Waals surface area contributed by atoms with Crippen molar-refractivity contribution in [2.24, 2.45) is 5.73 Å². The molecule has 2 rings (SSSR count). The number of ether oxygens (including phenoxy) is 1. The highest BCUT2D eigenvalue weighted by Crippen LogP contribution is 2.14. The van der Waals surface area contributed by atoms with Gasteiger partial charge in [0, 0.05) is 29.4 Å². The molecule has 7 heteroatoms. The van der Waals surface area contributed by atoms with E-state index in [9.17, 15) is 14.4 Å². The molecule has 0 bridgehead atoms. The van der Waals surface area contributed by atoms with Gasteiger partial charge >= 0.3 is 0 Å². The van der Waals surface area contributed by atoms with E-state index in [1.807, 2.05) is 0 Å². The van der Waals surface area contributed by atoms with Crippen LogP contribution in [-0.2, 0) is 14.3 Å². The molecule has 2 amide bonds. The third-order valence-corrected chi connectivity index (χ3v) is 4.00. The summed E-state index contributed by atoms with van der Waals surface area (Å²) in [6, 6.07) is 7.01. The molecule has 1 heterocycles. The Labute approximate surface area is 136 Å². The van der Waals surface area contributed by atoms with Crippen molar-refractivity contribution in [2.45, 2.75) is 18.9 Å². The van der Waals surface area contributed by atoms with Crippen molar-refractivity contribution in [3.8, 4) is 0 Å². The standard InChI is InChI=1S/C15H17BrN2O4/c16-11-3-1-10(2-4-11)12(19)5-6-14(20)18-7-8-22-13(9-18)15(17)21/h1-4,13H,5-9H2,(H2,17,21). The zero-order chi connectivity index (χ0) is 16.1. The van der Waals surface area contributed by atoms with Crippen molar-refractivity contribution in [3.05, 3.63) is 34.3 Å². The van der Waals surface area contributed by atoms with E-state index in [1.54, 1.807) is 24.3 Å². The number of hydrogen-bond donors (Lipinski definition) is 1. The Hall–Kier alpha value is -1.73. The van der Waals surface area contributed by atoms with Gasteiger partial charge in [0.05, 0.1) is 13.2 Å². The van der Waals surface area contributed by atoms with Crippen molar-refractivity contribution in [3.63, 3.8) is 0 Å². The zero-order valence-corrected chi connectivity index (χ0v) is 13.5. The molecular formula is C15H17BrN2O4. The van der Waals surface area contributed by atoms with Gasteiger partial charge in [-0.15, -0.1) is 0 Å². The molecule has 0 radical (unpaired) electrons. The summed E-state index contributed by atoms with van der Waals surface area (Å²) in [4.78, 5) is 36.8. The normalized spacial score (nSPS) is 18.0. The Kier molecular flexibility index (Phi) is 5.68. The highest BCUT2D eigenvalue weighted by atomic mass is 79.9. The second-order valence-corrected chi connectivity index (χ2v) is 5.95. The van der Waals surface area contributed by atoms with Gasteiger partial charge in [-0.1, -0.05) is 28.1 Å². The molecule has 1 aliphatic heterocycles. The second-order valence-electron chi connectivity index (χ2n) is 5.03. The number of amides is 2. The quantitative estimate of drug-likeness (QED) is 0.788. The summed E-state index contributed by atoms with van der Waals surface area (Å²) in [5.74, 6) is -0.830. The number of morpholine rings is 1. The highest BCUT2D eigenvalue weighted by molar-refractivity contribution is 9.10. The number of nitrogens with two attached hydrogens (primary N) is 1. The molecule has 2 N–H and O–H groups in total. The van der Waals surface area contributed by atoms with Gasteiger partial charge in [-0.05, 0) is 12.1 Å². The minimum absolute atomic E-state index is 0.0828. The SMILES string of the molecule is NC(=O)C1CN(C(=O)CCC(=O)c2ccc(Br)cc2)CCO1. The maximum atomic E-state index is 12.1. The summed E-state index contributed by atoms with van der Waals surface area (Å²) in [6.07, 6.45) is -0.515. The molecule has 1 aliphatic rings. The Morgan fingerprint density at radius 1 is 1.23 bits per heavy atom. The number of ketones is 1. The summed E-state index contributed by atoms with van der Waals surface area (Å²) in [5, 5.41) is 0. The van der Waals surface area contributed by atoms with Crippen LogP contribution >= 0.6 is 15.9 Å². The smallest absolute Gasteiger partial charge is 0.248 e. The maximum Gasteiger partial charge on any atom is 0.248 e. The predicted molar refractivity (Wildman–Crippen MR) is 83.2 cm³/mol. The lowest BCUT2D eigenvalue weighted by atomic mass is 10.1. The molecular weight excluding hydrogens is 352 g/mol. The molecule has 1 fully saturated rings. The number of Topliss-reactive ketones (excluding diaryl/α,β-unsaturated/α-hetero) is 1. The fourth-order valence-corrected chi connectivity index (χ4v) is 2.47. The van der Waals surface area contributed by atoms with Crippen molar-refractivity contribution in [1.29, 1.82) is 0 Å². The molecule has 0 saturated carbocycles. The van der Waals surface area contributed by atoms with E-state index < -0.39 is 12.0 Å². The van der Waals surface area contributed by atoms with E-state index in [-0.39, 0.29) is 37.7 Å². The molecule has 1 unspecified atom stereocenters. The topological polar surface area (TPSA) is 89.7 Å². The fourth-order valence-electron chi connectivity index (χ4n) is 2.21. The first-order valence-electron chi connectivity index (χ1n) is 6.95. The van der Waals surface area contributed by atoms with E-state index in [0.717, 1.165) is 4.47 Å². The van der Waals surface area contributed by atoms with Crippen molar-refractivity contribution >= 4 is 33.5 Å². The van der Waals surface area contributed by atoms with Crippen molar-refractivity contribution < 1.29 is 19.1 Å². The molecule has 0 aromatic heterocycles. The fraction of sp³-hybridized carbons (Fsp3) is 0.400.